The second kappa shape index (κ2) is 6.87. The highest BCUT2D eigenvalue weighted by Crippen LogP contribution is 2.45. The molecule has 4 rings (SSSR count). The van der Waals surface area contributed by atoms with E-state index in [0.29, 0.717) is 11.6 Å². The van der Waals surface area contributed by atoms with Crippen molar-refractivity contribution in [1.29, 1.82) is 0 Å². The van der Waals surface area contributed by atoms with E-state index in [4.69, 9.17) is 21.9 Å². The highest BCUT2D eigenvalue weighted by atomic mass is 35.5. The molecule has 0 radical (unpaired) electrons. The van der Waals surface area contributed by atoms with E-state index in [9.17, 15) is 0 Å². The minimum atomic E-state index is -0.147. The summed E-state index contributed by atoms with van der Waals surface area (Å²) in [4.78, 5) is 5.25. The molecule has 0 amide bonds. The lowest BCUT2D eigenvalue weighted by atomic mass is 10.0. The van der Waals surface area contributed by atoms with Gasteiger partial charge in [-0.25, -0.2) is 0 Å². The SMILES string of the molecule is [N-]=[N+]=NCC1CN(CC2CC2)c2cccc(-c3ccccc3Cl)c2O1. The molecule has 0 bridgehead atoms. The first-order valence-electron chi connectivity index (χ1n) is 8.56. The molecule has 1 saturated carbocycles. The summed E-state index contributed by atoms with van der Waals surface area (Å²) in [7, 11) is 0. The zero-order chi connectivity index (χ0) is 17.2. The number of azide groups is 1. The molecular weight excluding hydrogens is 336 g/mol. The number of rotatable bonds is 5. The van der Waals surface area contributed by atoms with Crippen LogP contribution in [0.2, 0.25) is 5.02 Å². The van der Waals surface area contributed by atoms with Gasteiger partial charge in [-0.15, -0.1) is 0 Å². The molecule has 1 fully saturated rings. The molecule has 1 aliphatic heterocycles. The van der Waals surface area contributed by atoms with E-state index in [0.717, 1.165) is 41.6 Å². The summed E-state index contributed by atoms with van der Waals surface area (Å²) in [6, 6.07) is 14.0. The minimum Gasteiger partial charge on any atom is -0.486 e. The molecule has 1 atom stereocenters. The van der Waals surface area contributed by atoms with Crippen molar-refractivity contribution >= 4 is 17.3 Å². The van der Waals surface area contributed by atoms with Crippen LogP contribution in [0.25, 0.3) is 21.6 Å². The quantitative estimate of drug-likeness (QED) is 0.416. The molecule has 1 heterocycles. The van der Waals surface area contributed by atoms with Crippen LogP contribution in [0.15, 0.2) is 47.6 Å². The monoisotopic (exact) mass is 354 g/mol. The summed E-state index contributed by atoms with van der Waals surface area (Å²) in [6.45, 7) is 2.09. The standard InChI is InChI=1S/C19H19ClN4O/c20-17-6-2-1-4-15(17)16-5-3-7-18-19(16)25-14(10-22-23-21)12-24(18)11-13-8-9-13/h1-7,13-14H,8-12H2. The van der Waals surface area contributed by atoms with Crippen LogP contribution in [-0.4, -0.2) is 25.7 Å². The van der Waals surface area contributed by atoms with Gasteiger partial charge in [-0.2, -0.15) is 0 Å². The van der Waals surface area contributed by atoms with Crippen LogP contribution in [-0.2, 0) is 0 Å². The lowest BCUT2D eigenvalue weighted by Crippen LogP contribution is -2.42. The van der Waals surface area contributed by atoms with Crippen molar-refractivity contribution in [3.05, 3.63) is 57.9 Å². The fourth-order valence-electron chi connectivity index (χ4n) is 3.35. The number of halogens is 1. The Labute approximate surface area is 151 Å². The molecule has 6 heteroatoms. The molecule has 25 heavy (non-hydrogen) atoms. The van der Waals surface area contributed by atoms with Crippen LogP contribution >= 0.6 is 11.6 Å². The van der Waals surface area contributed by atoms with E-state index < -0.39 is 0 Å². The third-order valence-electron chi connectivity index (χ3n) is 4.73. The summed E-state index contributed by atoms with van der Waals surface area (Å²) in [5.41, 5.74) is 11.7. The highest BCUT2D eigenvalue weighted by molar-refractivity contribution is 6.33. The molecule has 2 aromatic rings. The summed E-state index contributed by atoms with van der Waals surface area (Å²) in [5.74, 6) is 1.59. The van der Waals surface area contributed by atoms with Crippen molar-refractivity contribution in [3.63, 3.8) is 0 Å². The van der Waals surface area contributed by atoms with Gasteiger partial charge in [-0.05, 0) is 36.4 Å². The van der Waals surface area contributed by atoms with Gasteiger partial charge in [0.1, 0.15) is 6.10 Å². The molecule has 128 valence electrons. The Kier molecular flexibility index (Phi) is 4.43. The molecule has 0 aromatic heterocycles. The van der Waals surface area contributed by atoms with Gasteiger partial charge in [-0.1, -0.05) is 47.0 Å². The Hall–Kier alpha value is -2.36. The topological polar surface area (TPSA) is 61.2 Å². The number of nitrogens with zero attached hydrogens (tertiary/aromatic N) is 4. The summed E-state index contributed by atoms with van der Waals surface area (Å²) >= 11 is 6.42. The van der Waals surface area contributed by atoms with Crippen molar-refractivity contribution < 1.29 is 4.74 Å². The second-order valence-corrected chi connectivity index (χ2v) is 7.04. The predicted molar refractivity (Wildman–Crippen MR) is 100 cm³/mol. The average molecular weight is 355 g/mol. The molecule has 1 aliphatic carbocycles. The summed E-state index contributed by atoms with van der Waals surface area (Å²) < 4.78 is 6.24. The molecule has 5 nitrogen and oxygen atoms in total. The third-order valence-corrected chi connectivity index (χ3v) is 5.06. The maximum atomic E-state index is 8.65. The Morgan fingerprint density at radius 1 is 1.16 bits per heavy atom. The zero-order valence-corrected chi connectivity index (χ0v) is 14.6. The molecule has 0 N–H and O–H groups in total. The smallest absolute Gasteiger partial charge is 0.150 e. The number of ether oxygens (including phenoxy) is 1. The molecule has 0 saturated heterocycles. The van der Waals surface area contributed by atoms with E-state index >= 15 is 0 Å². The van der Waals surface area contributed by atoms with Crippen LogP contribution < -0.4 is 9.64 Å². The molecule has 2 aliphatic rings. The van der Waals surface area contributed by atoms with Crippen molar-refractivity contribution in [3.8, 4) is 16.9 Å². The first-order valence-corrected chi connectivity index (χ1v) is 8.94. The van der Waals surface area contributed by atoms with E-state index in [1.54, 1.807) is 0 Å². The molecule has 0 spiro atoms. The van der Waals surface area contributed by atoms with Gasteiger partial charge < -0.3 is 9.64 Å². The lowest BCUT2D eigenvalue weighted by molar-refractivity contribution is 0.201. The number of para-hydroxylation sites is 1. The van der Waals surface area contributed by atoms with E-state index in [2.05, 4.69) is 27.1 Å². The second-order valence-electron chi connectivity index (χ2n) is 6.64. The molecule has 1 unspecified atom stereocenters. The van der Waals surface area contributed by atoms with Crippen LogP contribution in [0.1, 0.15) is 12.8 Å². The Morgan fingerprint density at radius 2 is 1.96 bits per heavy atom. The van der Waals surface area contributed by atoms with Crippen LogP contribution in [0.3, 0.4) is 0 Å². The van der Waals surface area contributed by atoms with Crippen molar-refractivity contribution in [1.82, 2.24) is 0 Å². The third kappa shape index (κ3) is 3.39. The summed E-state index contributed by atoms with van der Waals surface area (Å²) in [5, 5.41) is 4.42. The largest absolute Gasteiger partial charge is 0.486 e. The number of hydrogen-bond donors (Lipinski definition) is 0. The fourth-order valence-corrected chi connectivity index (χ4v) is 3.58. The number of hydrogen-bond acceptors (Lipinski definition) is 3. The van der Waals surface area contributed by atoms with Crippen LogP contribution in [0.4, 0.5) is 5.69 Å². The van der Waals surface area contributed by atoms with Gasteiger partial charge in [0.05, 0.1) is 18.8 Å². The molecule has 2 aromatic carbocycles. The van der Waals surface area contributed by atoms with E-state index in [1.807, 2.05) is 30.3 Å². The van der Waals surface area contributed by atoms with E-state index in [1.165, 1.54) is 12.8 Å². The van der Waals surface area contributed by atoms with Gasteiger partial charge in [0, 0.05) is 27.6 Å². The van der Waals surface area contributed by atoms with Gasteiger partial charge in [0.2, 0.25) is 0 Å². The number of fused-ring (bicyclic) bond motifs is 1. The minimum absolute atomic E-state index is 0.147. The molecular formula is C19H19ClN4O. The van der Waals surface area contributed by atoms with Gasteiger partial charge in [0.15, 0.2) is 5.75 Å². The first kappa shape index (κ1) is 16.1. The fraction of sp³-hybridized carbons (Fsp3) is 0.368. The summed E-state index contributed by atoms with van der Waals surface area (Å²) in [6.07, 6.45) is 2.43. The Morgan fingerprint density at radius 3 is 2.72 bits per heavy atom. The van der Waals surface area contributed by atoms with Crippen molar-refractivity contribution in [2.24, 2.45) is 11.0 Å². The normalized spacial score (nSPS) is 18.9. The Bertz CT molecular complexity index is 830. The van der Waals surface area contributed by atoms with Crippen LogP contribution in [0, 0.1) is 5.92 Å². The van der Waals surface area contributed by atoms with Crippen molar-refractivity contribution in [2.75, 3.05) is 24.5 Å². The maximum absolute atomic E-state index is 8.65. The lowest BCUT2D eigenvalue weighted by Gasteiger charge is -2.37. The Balaban J connectivity index is 1.76. The highest BCUT2D eigenvalue weighted by Gasteiger charge is 2.32. The zero-order valence-electron chi connectivity index (χ0n) is 13.8. The van der Waals surface area contributed by atoms with Gasteiger partial charge >= 0.3 is 0 Å². The van der Waals surface area contributed by atoms with Crippen molar-refractivity contribution in [2.45, 2.75) is 18.9 Å². The average Bonchev–Trinajstić information content (AvgIpc) is 3.44. The maximum Gasteiger partial charge on any atom is 0.150 e. The predicted octanol–water partition coefficient (Wildman–Crippen LogP) is 5.29. The first-order chi connectivity index (χ1) is 12.3. The van der Waals surface area contributed by atoms with Crippen LogP contribution in [0.5, 0.6) is 5.75 Å². The van der Waals surface area contributed by atoms with Gasteiger partial charge in [0.25, 0.3) is 0 Å². The number of benzene rings is 2. The van der Waals surface area contributed by atoms with Gasteiger partial charge in [-0.3, -0.25) is 0 Å². The number of anilines is 1. The van der Waals surface area contributed by atoms with E-state index in [-0.39, 0.29) is 6.10 Å².